The highest BCUT2D eigenvalue weighted by Crippen LogP contribution is 2.33. The van der Waals surface area contributed by atoms with E-state index in [4.69, 9.17) is 4.52 Å². The van der Waals surface area contributed by atoms with Crippen LogP contribution in [0.3, 0.4) is 0 Å². The van der Waals surface area contributed by atoms with Crippen LogP contribution >= 0.6 is 0 Å². The van der Waals surface area contributed by atoms with Gasteiger partial charge in [0.2, 0.25) is 5.91 Å². The average Bonchev–Trinajstić information content (AvgIpc) is 3.88. The van der Waals surface area contributed by atoms with E-state index in [1.165, 1.54) is 12.3 Å². The Morgan fingerprint density at radius 1 is 1.04 bits per heavy atom. The monoisotopic (exact) mass is 761 g/mol. The van der Waals surface area contributed by atoms with Crippen molar-refractivity contribution in [1.29, 1.82) is 0 Å². The first-order valence-electron chi connectivity index (χ1n) is 20.0. The van der Waals surface area contributed by atoms with Gasteiger partial charge in [0.25, 0.3) is 11.8 Å². The SMILES string of the molecule is CCn1nccc1C(=O)N[C@H](C(=O)Cc1ccc([C@H](C)[C@@H](NC(=O)c2conc2C2CCNCC2)C(=O)N2CCC(C)(O)CC2)cc1F)C1CCC(C)CC1. The molecular weight excluding hydrogens is 705 g/mol. The molecule has 3 fully saturated rings. The van der Waals surface area contributed by atoms with Crippen LogP contribution in [-0.4, -0.2) is 92.3 Å². The number of carbonyl (C=O) groups is 4. The lowest BCUT2D eigenvalue weighted by molar-refractivity contribution is -0.137. The summed E-state index contributed by atoms with van der Waals surface area (Å²) >= 11 is 0. The lowest BCUT2D eigenvalue weighted by atomic mass is 9.77. The molecule has 6 rings (SSSR count). The van der Waals surface area contributed by atoms with Crippen LogP contribution in [0.2, 0.25) is 0 Å². The molecule has 0 unspecified atom stereocenters. The van der Waals surface area contributed by atoms with Crippen molar-refractivity contribution in [2.45, 2.75) is 122 Å². The molecule has 2 aromatic heterocycles. The summed E-state index contributed by atoms with van der Waals surface area (Å²) in [5.41, 5.74) is 0.959. The third kappa shape index (κ3) is 9.52. The molecule has 3 aliphatic rings. The van der Waals surface area contributed by atoms with Crippen molar-refractivity contribution in [3.8, 4) is 0 Å². The maximum absolute atomic E-state index is 16.1. The smallest absolute Gasteiger partial charge is 0.270 e. The molecule has 3 amide bonds. The first-order valence-corrected chi connectivity index (χ1v) is 20.0. The maximum atomic E-state index is 16.1. The minimum Gasteiger partial charge on any atom is -0.390 e. The number of hydrogen-bond acceptors (Lipinski definition) is 9. The van der Waals surface area contributed by atoms with Gasteiger partial charge in [-0.15, -0.1) is 0 Å². The summed E-state index contributed by atoms with van der Waals surface area (Å²) < 4.78 is 22.9. The number of carbonyl (C=O) groups excluding carboxylic acids is 4. The molecule has 55 heavy (non-hydrogen) atoms. The first-order chi connectivity index (χ1) is 26.3. The van der Waals surface area contributed by atoms with Crippen molar-refractivity contribution < 1.29 is 33.2 Å². The first kappa shape index (κ1) is 40.2. The summed E-state index contributed by atoms with van der Waals surface area (Å²) in [6, 6.07) is 4.35. The molecule has 1 aliphatic carbocycles. The lowest BCUT2D eigenvalue weighted by Crippen LogP contribution is -2.54. The second-order valence-corrected chi connectivity index (χ2v) is 16.2. The number of rotatable bonds is 13. The molecule has 2 saturated heterocycles. The van der Waals surface area contributed by atoms with E-state index >= 15 is 4.39 Å². The standard InChI is InChI=1S/C41H56FN7O6/c1-5-49-33(14-19-44-49)39(52)46-37(27-8-6-25(2)7-9-27)34(50)23-30-11-10-29(22-32(30)42)26(3)35(40(53)48-20-15-41(4,54)16-21-48)45-38(51)31-24-55-47-36(31)28-12-17-43-18-13-28/h10-11,14,19,22,24-28,35,37,43,54H,5-9,12-13,15-18,20-21,23H2,1-4H3,(H,45,51)(H,46,52)/t25?,26-,27?,35+,37-/m0/s1. The Kier molecular flexibility index (Phi) is 12.9. The van der Waals surface area contributed by atoms with Crippen molar-refractivity contribution in [2.75, 3.05) is 26.2 Å². The number of aliphatic hydroxyl groups is 1. The third-order valence-corrected chi connectivity index (χ3v) is 12.2. The average molecular weight is 762 g/mol. The number of ketones is 1. The van der Waals surface area contributed by atoms with Gasteiger partial charge >= 0.3 is 0 Å². The number of halogens is 1. The maximum Gasteiger partial charge on any atom is 0.270 e. The normalized spacial score (nSPS) is 22.0. The van der Waals surface area contributed by atoms with E-state index in [-0.39, 0.29) is 47.0 Å². The molecule has 298 valence electrons. The molecule has 0 radical (unpaired) electrons. The molecule has 2 aliphatic heterocycles. The van der Waals surface area contributed by atoms with Crippen LogP contribution in [0, 0.1) is 17.7 Å². The predicted octanol–water partition coefficient (Wildman–Crippen LogP) is 4.51. The Balaban J connectivity index is 1.21. The minimum absolute atomic E-state index is 0.0374. The molecule has 1 aromatic carbocycles. The van der Waals surface area contributed by atoms with Gasteiger partial charge in [0.1, 0.15) is 29.4 Å². The molecule has 0 bridgehead atoms. The number of amides is 3. The van der Waals surface area contributed by atoms with Gasteiger partial charge in [-0.1, -0.05) is 44.0 Å². The molecule has 13 nitrogen and oxygen atoms in total. The Bertz CT molecular complexity index is 1820. The van der Waals surface area contributed by atoms with E-state index in [2.05, 4.69) is 33.1 Å². The number of piperidine rings is 2. The fraction of sp³-hybridized carbons (Fsp3) is 0.610. The lowest BCUT2D eigenvalue weighted by Gasteiger charge is -2.38. The van der Waals surface area contributed by atoms with Crippen molar-refractivity contribution in [1.82, 2.24) is 35.8 Å². The van der Waals surface area contributed by atoms with Crippen LogP contribution in [0.1, 0.15) is 129 Å². The van der Waals surface area contributed by atoms with Crippen molar-refractivity contribution in [2.24, 2.45) is 11.8 Å². The summed E-state index contributed by atoms with van der Waals surface area (Å²) in [5, 5.41) is 28.1. The molecule has 0 spiro atoms. The zero-order valence-corrected chi connectivity index (χ0v) is 32.5. The molecule has 4 heterocycles. The van der Waals surface area contributed by atoms with Gasteiger partial charge in [-0.3, -0.25) is 23.9 Å². The van der Waals surface area contributed by atoms with Gasteiger partial charge in [-0.2, -0.15) is 5.10 Å². The summed E-state index contributed by atoms with van der Waals surface area (Å²) in [6.45, 7) is 10.3. The van der Waals surface area contributed by atoms with Crippen LogP contribution in [0.4, 0.5) is 4.39 Å². The number of Topliss-reactive ketones (excluding diaryl/α,β-unsaturated/α-hetero) is 1. The molecule has 3 atom stereocenters. The fourth-order valence-electron chi connectivity index (χ4n) is 8.38. The molecule has 14 heteroatoms. The van der Waals surface area contributed by atoms with E-state index in [9.17, 15) is 24.3 Å². The number of nitrogens with zero attached hydrogens (tertiary/aromatic N) is 4. The Hall–Kier alpha value is -4.43. The summed E-state index contributed by atoms with van der Waals surface area (Å²) in [4.78, 5) is 57.0. The number of likely N-dealkylation sites (tertiary alicyclic amines) is 1. The van der Waals surface area contributed by atoms with Crippen LogP contribution in [0.5, 0.6) is 0 Å². The van der Waals surface area contributed by atoms with Crippen molar-refractivity contribution in [3.05, 3.63) is 70.6 Å². The molecule has 4 N–H and O–H groups in total. The molecule has 1 saturated carbocycles. The highest BCUT2D eigenvalue weighted by atomic mass is 19.1. The quantitative estimate of drug-likeness (QED) is 0.196. The zero-order valence-electron chi connectivity index (χ0n) is 32.5. The highest BCUT2D eigenvalue weighted by Gasteiger charge is 2.38. The topological polar surface area (TPSA) is 172 Å². The number of nitrogens with one attached hydrogen (secondary N) is 3. The van der Waals surface area contributed by atoms with Crippen LogP contribution in [0.15, 0.2) is 41.2 Å². The highest BCUT2D eigenvalue weighted by molar-refractivity contribution is 5.99. The zero-order chi connectivity index (χ0) is 39.3. The van der Waals surface area contributed by atoms with Gasteiger partial charge in [-0.25, -0.2) is 4.39 Å². The number of benzene rings is 1. The number of hydrogen-bond donors (Lipinski definition) is 4. The number of aromatic nitrogens is 3. The van der Waals surface area contributed by atoms with E-state index in [1.54, 1.807) is 47.8 Å². The van der Waals surface area contributed by atoms with E-state index in [1.807, 2.05) is 6.92 Å². The van der Waals surface area contributed by atoms with Crippen LogP contribution in [0.25, 0.3) is 0 Å². The number of aryl methyl sites for hydroxylation is 1. The summed E-state index contributed by atoms with van der Waals surface area (Å²) in [5.74, 6) is -2.25. The third-order valence-electron chi connectivity index (χ3n) is 12.2. The summed E-state index contributed by atoms with van der Waals surface area (Å²) in [7, 11) is 0. The largest absolute Gasteiger partial charge is 0.390 e. The Labute approximate surface area is 322 Å². The Morgan fingerprint density at radius 2 is 1.75 bits per heavy atom. The summed E-state index contributed by atoms with van der Waals surface area (Å²) in [6.07, 6.45) is 8.48. The van der Waals surface area contributed by atoms with Crippen LogP contribution in [-0.2, 0) is 22.6 Å². The van der Waals surface area contributed by atoms with Gasteiger partial charge in [0.05, 0.1) is 17.3 Å². The fourth-order valence-corrected chi connectivity index (χ4v) is 8.38. The Morgan fingerprint density at radius 3 is 2.42 bits per heavy atom. The van der Waals surface area contributed by atoms with Crippen molar-refractivity contribution in [3.63, 3.8) is 0 Å². The molecule has 3 aromatic rings. The van der Waals surface area contributed by atoms with Crippen molar-refractivity contribution >= 4 is 23.5 Å². The van der Waals surface area contributed by atoms with Gasteiger partial charge in [-0.05, 0) is 101 Å². The van der Waals surface area contributed by atoms with Crippen LogP contribution < -0.4 is 16.0 Å². The van der Waals surface area contributed by atoms with E-state index in [0.717, 1.165) is 51.6 Å². The van der Waals surface area contributed by atoms with E-state index in [0.29, 0.717) is 55.3 Å². The van der Waals surface area contributed by atoms with Gasteiger partial charge < -0.3 is 30.5 Å². The second-order valence-electron chi connectivity index (χ2n) is 16.2. The van der Waals surface area contributed by atoms with E-state index < -0.39 is 35.3 Å². The van der Waals surface area contributed by atoms with Gasteiger partial charge in [0, 0.05) is 44.1 Å². The minimum atomic E-state index is -1.07. The molecular formula is C41H56FN7O6. The van der Waals surface area contributed by atoms with Gasteiger partial charge in [0.15, 0.2) is 5.78 Å². The second kappa shape index (κ2) is 17.6. The predicted molar refractivity (Wildman–Crippen MR) is 203 cm³/mol.